The maximum Gasteiger partial charge on any atom is 0.119 e. The fraction of sp³-hybridized carbons (Fsp3) is 0.625. The zero-order valence-corrected chi connectivity index (χ0v) is 11.9. The second-order valence-electron chi connectivity index (χ2n) is 5.54. The first kappa shape index (κ1) is 14.4. The highest BCUT2D eigenvalue weighted by atomic mass is 16.5. The van der Waals surface area contributed by atoms with E-state index in [4.69, 9.17) is 4.74 Å². The third-order valence-electron chi connectivity index (χ3n) is 3.68. The van der Waals surface area contributed by atoms with Crippen LogP contribution in [0.25, 0.3) is 0 Å². The Morgan fingerprint density at radius 3 is 2.84 bits per heavy atom. The molecule has 1 saturated carbocycles. The molecule has 0 heterocycles. The highest BCUT2D eigenvalue weighted by Crippen LogP contribution is 2.33. The molecule has 2 N–H and O–H groups in total. The first-order valence-corrected chi connectivity index (χ1v) is 7.30. The number of hydrogen-bond acceptors (Lipinski definition) is 3. The van der Waals surface area contributed by atoms with Crippen LogP contribution < -0.4 is 10.1 Å². The summed E-state index contributed by atoms with van der Waals surface area (Å²) >= 11 is 0. The summed E-state index contributed by atoms with van der Waals surface area (Å²) in [5.74, 6) is 1.66. The zero-order chi connectivity index (χ0) is 13.7. The Bertz CT molecular complexity index is 390. The predicted molar refractivity (Wildman–Crippen MR) is 77.5 cm³/mol. The molecule has 1 aromatic carbocycles. The molecule has 3 nitrogen and oxygen atoms in total. The average Bonchev–Trinajstić information content (AvgIpc) is 3.22. The van der Waals surface area contributed by atoms with Crippen LogP contribution in [0.15, 0.2) is 24.3 Å². The Kier molecular flexibility index (Phi) is 5.23. The van der Waals surface area contributed by atoms with Crippen molar-refractivity contribution in [2.45, 2.75) is 45.3 Å². The van der Waals surface area contributed by atoms with Gasteiger partial charge in [-0.25, -0.2) is 0 Å². The van der Waals surface area contributed by atoms with Gasteiger partial charge in [0.2, 0.25) is 0 Å². The Morgan fingerprint density at radius 1 is 1.42 bits per heavy atom. The van der Waals surface area contributed by atoms with Gasteiger partial charge in [-0.15, -0.1) is 0 Å². The monoisotopic (exact) mass is 263 g/mol. The molecule has 2 unspecified atom stereocenters. The van der Waals surface area contributed by atoms with Crippen LogP contribution in [0.3, 0.4) is 0 Å². The van der Waals surface area contributed by atoms with Crippen LogP contribution in [0.1, 0.15) is 31.7 Å². The molecule has 2 atom stereocenters. The van der Waals surface area contributed by atoms with E-state index in [1.54, 1.807) is 0 Å². The molecule has 1 aliphatic carbocycles. The second-order valence-corrected chi connectivity index (χ2v) is 5.54. The lowest BCUT2D eigenvalue weighted by molar-refractivity contribution is 0.102. The maximum absolute atomic E-state index is 9.94. The lowest BCUT2D eigenvalue weighted by Gasteiger charge is -2.19. The van der Waals surface area contributed by atoms with Crippen molar-refractivity contribution in [2.75, 3.05) is 13.2 Å². The standard InChI is InChI=1S/C16H25NO2/c1-3-16(13-7-8-13)17-10-14(18)11-19-15-6-4-5-12(2)9-15/h4-6,9,13-14,16-18H,3,7-8,10-11H2,1-2H3. The number of rotatable bonds is 8. The van der Waals surface area contributed by atoms with E-state index in [-0.39, 0.29) is 0 Å². The van der Waals surface area contributed by atoms with Gasteiger partial charge in [0.1, 0.15) is 18.5 Å². The third-order valence-corrected chi connectivity index (χ3v) is 3.68. The number of nitrogens with one attached hydrogen (secondary N) is 1. The summed E-state index contributed by atoms with van der Waals surface area (Å²) in [6.07, 6.45) is 3.35. The number of aliphatic hydroxyl groups excluding tert-OH is 1. The third kappa shape index (κ3) is 4.84. The molecule has 1 aliphatic rings. The Labute approximate surface area is 116 Å². The number of ether oxygens (including phenoxy) is 1. The molecule has 0 bridgehead atoms. The van der Waals surface area contributed by atoms with Crippen molar-refractivity contribution < 1.29 is 9.84 Å². The summed E-state index contributed by atoms with van der Waals surface area (Å²) in [7, 11) is 0. The van der Waals surface area contributed by atoms with E-state index in [2.05, 4.69) is 12.2 Å². The van der Waals surface area contributed by atoms with Gasteiger partial charge < -0.3 is 15.2 Å². The molecule has 0 saturated heterocycles. The molecule has 1 fully saturated rings. The Hall–Kier alpha value is -1.06. The SMILES string of the molecule is CCC(NCC(O)COc1cccc(C)c1)C1CC1. The van der Waals surface area contributed by atoms with E-state index < -0.39 is 6.10 Å². The van der Waals surface area contributed by atoms with Crippen LogP contribution >= 0.6 is 0 Å². The van der Waals surface area contributed by atoms with Gasteiger partial charge in [-0.05, 0) is 49.8 Å². The van der Waals surface area contributed by atoms with Crippen LogP contribution in [0.5, 0.6) is 5.75 Å². The van der Waals surface area contributed by atoms with Crippen molar-refractivity contribution in [2.24, 2.45) is 5.92 Å². The van der Waals surface area contributed by atoms with Crippen molar-refractivity contribution in [1.82, 2.24) is 5.32 Å². The van der Waals surface area contributed by atoms with Crippen molar-refractivity contribution in [3.8, 4) is 5.75 Å². The predicted octanol–water partition coefficient (Wildman–Crippen LogP) is 2.51. The highest BCUT2D eigenvalue weighted by Gasteiger charge is 2.29. The van der Waals surface area contributed by atoms with Crippen LogP contribution in [0.2, 0.25) is 0 Å². The van der Waals surface area contributed by atoms with Gasteiger partial charge in [-0.1, -0.05) is 19.1 Å². The molecular weight excluding hydrogens is 238 g/mol. The molecule has 0 amide bonds. The van der Waals surface area contributed by atoms with E-state index in [0.717, 1.165) is 18.1 Å². The van der Waals surface area contributed by atoms with Crippen LogP contribution in [-0.4, -0.2) is 30.4 Å². The summed E-state index contributed by atoms with van der Waals surface area (Å²) in [5.41, 5.74) is 1.17. The molecule has 0 aromatic heterocycles. The van der Waals surface area contributed by atoms with Crippen molar-refractivity contribution >= 4 is 0 Å². The van der Waals surface area contributed by atoms with Gasteiger partial charge in [0.15, 0.2) is 0 Å². The van der Waals surface area contributed by atoms with Crippen LogP contribution in [0, 0.1) is 12.8 Å². The topological polar surface area (TPSA) is 41.5 Å². The Balaban J connectivity index is 1.67. The van der Waals surface area contributed by atoms with Gasteiger partial charge in [0.05, 0.1) is 0 Å². The van der Waals surface area contributed by atoms with Gasteiger partial charge in [-0.3, -0.25) is 0 Å². The minimum absolute atomic E-state index is 0.345. The van der Waals surface area contributed by atoms with Gasteiger partial charge >= 0.3 is 0 Å². The van der Waals surface area contributed by atoms with E-state index >= 15 is 0 Å². The fourth-order valence-electron chi connectivity index (χ4n) is 2.39. The molecule has 106 valence electrons. The lowest BCUT2D eigenvalue weighted by atomic mass is 10.1. The summed E-state index contributed by atoms with van der Waals surface area (Å²) in [5, 5.41) is 13.4. The highest BCUT2D eigenvalue weighted by molar-refractivity contribution is 5.27. The zero-order valence-electron chi connectivity index (χ0n) is 11.9. The molecule has 0 spiro atoms. The van der Waals surface area contributed by atoms with E-state index in [1.807, 2.05) is 31.2 Å². The molecular formula is C16H25NO2. The molecule has 0 radical (unpaired) electrons. The molecule has 19 heavy (non-hydrogen) atoms. The largest absolute Gasteiger partial charge is 0.491 e. The quantitative estimate of drug-likeness (QED) is 0.757. The van der Waals surface area contributed by atoms with Crippen LogP contribution in [0.4, 0.5) is 0 Å². The lowest BCUT2D eigenvalue weighted by Crippen LogP contribution is -2.38. The first-order valence-electron chi connectivity index (χ1n) is 7.30. The summed E-state index contributed by atoms with van der Waals surface area (Å²) in [4.78, 5) is 0. The van der Waals surface area contributed by atoms with Crippen LogP contribution in [-0.2, 0) is 0 Å². The maximum atomic E-state index is 9.94. The minimum atomic E-state index is -0.451. The number of aliphatic hydroxyl groups is 1. The van der Waals surface area contributed by atoms with Gasteiger partial charge in [-0.2, -0.15) is 0 Å². The van der Waals surface area contributed by atoms with Gasteiger partial charge in [0, 0.05) is 12.6 Å². The number of hydrogen-bond donors (Lipinski definition) is 2. The summed E-state index contributed by atoms with van der Waals surface area (Å²) in [6.45, 7) is 5.19. The van der Waals surface area contributed by atoms with Crippen molar-refractivity contribution in [3.63, 3.8) is 0 Å². The fourth-order valence-corrected chi connectivity index (χ4v) is 2.39. The Morgan fingerprint density at radius 2 is 2.21 bits per heavy atom. The molecule has 2 rings (SSSR count). The smallest absolute Gasteiger partial charge is 0.119 e. The molecule has 3 heteroatoms. The van der Waals surface area contributed by atoms with Gasteiger partial charge in [0.25, 0.3) is 0 Å². The number of aryl methyl sites for hydroxylation is 1. The van der Waals surface area contributed by atoms with Crippen molar-refractivity contribution in [1.29, 1.82) is 0 Å². The number of benzene rings is 1. The summed E-state index contributed by atoms with van der Waals surface area (Å²) < 4.78 is 5.60. The molecule has 0 aliphatic heterocycles. The van der Waals surface area contributed by atoms with E-state index in [0.29, 0.717) is 19.2 Å². The van der Waals surface area contributed by atoms with E-state index in [9.17, 15) is 5.11 Å². The second kappa shape index (κ2) is 6.92. The normalized spacial score (nSPS) is 18.1. The first-order chi connectivity index (χ1) is 9.19. The average molecular weight is 263 g/mol. The summed E-state index contributed by atoms with van der Waals surface area (Å²) in [6, 6.07) is 8.47. The van der Waals surface area contributed by atoms with Crippen molar-refractivity contribution in [3.05, 3.63) is 29.8 Å². The van der Waals surface area contributed by atoms with E-state index in [1.165, 1.54) is 18.4 Å². The minimum Gasteiger partial charge on any atom is -0.491 e. The molecule has 1 aromatic rings.